The van der Waals surface area contributed by atoms with Gasteiger partial charge in [-0.05, 0) is 18.8 Å². The third-order valence-electron chi connectivity index (χ3n) is 2.65. The Kier molecular flexibility index (Phi) is 17.6. The molecule has 0 radical (unpaired) electrons. The van der Waals surface area contributed by atoms with Gasteiger partial charge in [0, 0.05) is 19.4 Å². The monoisotopic (exact) mass is 287 g/mol. The molecule has 0 fully saturated rings. The first-order valence-electron chi connectivity index (χ1n) is 7.49. The molecule has 1 unspecified atom stereocenters. The van der Waals surface area contributed by atoms with Crippen molar-refractivity contribution in [2.45, 2.75) is 52.5 Å². The second-order valence-electron chi connectivity index (χ2n) is 5.09. The first-order valence-corrected chi connectivity index (χ1v) is 7.49. The summed E-state index contributed by atoms with van der Waals surface area (Å²) in [6.07, 6.45) is 3.33. The zero-order valence-corrected chi connectivity index (χ0v) is 13.5. The van der Waals surface area contributed by atoms with E-state index < -0.39 is 0 Å². The maximum Gasteiger partial charge on any atom is 0.134 e. The van der Waals surface area contributed by atoms with Crippen LogP contribution in [0.1, 0.15) is 46.5 Å². The van der Waals surface area contributed by atoms with Crippen molar-refractivity contribution in [3.63, 3.8) is 0 Å². The van der Waals surface area contributed by atoms with Crippen LogP contribution in [0.25, 0.3) is 0 Å². The molecule has 1 atom stereocenters. The zero-order valence-electron chi connectivity index (χ0n) is 13.5. The third-order valence-corrected chi connectivity index (χ3v) is 2.65. The van der Waals surface area contributed by atoms with Crippen LogP contribution in [-0.4, -0.2) is 38.3 Å². The molecular formula is C16H33NO3. The number of ether oxygens (including phenoxy) is 2. The van der Waals surface area contributed by atoms with E-state index in [1.807, 2.05) is 6.92 Å². The summed E-state index contributed by atoms with van der Waals surface area (Å²) in [4.78, 5) is 11.0. The summed E-state index contributed by atoms with van der Waals surface area (Å²) in [5, 5.41) is 0. The molecule has 120 valence electrons. The molecule has 0 rings (SSSR count). The Morgan fingerprint density at radius 2 is 1.70 bits per heavy atom. The van der Waals surface area contributed by atoms with E-state index in [4.69, 9.17) is 15.2 Å². The van der Waals surface area contributed by atoms with Crippen LogP contribution >= 0.6 is 0 Å². The van der Waals surface area contributed by atoms with Crippen LogP contribution in [0, 0.1) is 5.92 Å². The number of nitrogens with two attached hydrogens (primary N) is 1. The van der Waals surface area contributed by atoms with E-state index in [2.05, 4.69) is 27.0 Å². The van der Waals surface area contributed by atoms with E-state index in [1.165, 1.54) is 6.42 Å². The lowest BCUT2D eigenvalue weighted by atomic mass is 10.1. The molecule has 0 saturated heterocycles. The lowest BCUT2D eigenvalue weighted by Crippen LogP contribution is -2.32. The molecule has 0 aliphatic rings. The Hall–Kier alpha value is -0.710. The highest BCUT2D eigenvalue weighted by atomic mass is 16.5. The summed E-state index contributed by atoms with van der Waals surface area (Å²) in [5.41, 5.74) is 5.83. The third kappa shape index (κ3) is 17.3. The van der Waals surface area contributed by atoms with Crippen LogP contribution in [0.5, 0.6) is 0 Å². The molecule has 4 heteroatoms. The van der Waals surface area contributed by atoms with Gasteiger partial charge in [-0.2, -0.15) is 0 Å². The van der Waals surface area contributed by atoms with Crippen LogP contribution in [0.3, 0.4) is 0 Å². The van der Waals surface area contributed by atoms with Gasteiger partial charge in [-0.3, -0.25) is 4.79 Å². The number of rotatable bonds is 12. The fourth-order valence-corrected chi connectivity index (χ4v) is 1.47. The first kappa shape index (κ1) is 21.6. The van der Waals surface area contributed by atoms with Gasteiger partial charge in [-0.15, -0.1) is 13.2 Å². The summed E-state index contributed by atoms with van der Waals surface area (Å²) in [5.74, 6) is 0.954. The number of ketones is 1. The Labute approximate surface area is 124 Å². The first-order chi connectivity index (χ1) is 9.56. The van der Waals surface area contributed by atoms with Crippen LogP contribution in [0.2, 0.25) is 0 Å². The molecular weight excluding hydrogens is 254 g/mol. The number of hydrogen-bond donors (Lipinski definition) is 1. The summed E-state index contributed by atoms with van der Waals surface area (Å²) < 4.78 is 10.8. The minimum Gasteiger partial charge on any atom is -0.380 e. The van der Waals surface area contributed by atoms with Crippen molar-refractivity contribution < 1.29 is 14.3 Å². The number of hydrogen-bond acceptors (Lipinski definition) is 4. The van der Waals surface area contributed by atoms with E-state index in [-0.39, 0.29) is 11.8 Å². The summed E-state index contributed by atoms with van der Waals surface area (Å²) in [7, 11) is 0. The van der Waals surface area contributed by atoms with Gasteiger partial charge in [-0.25, -0.2) is 0 Å². The standard InChI is InChI=1S/C14H29NO3.C2H4/c1-4-14(16)7-9-18-11-13(15)10-17-8-5-6-12(2)3;1-2/h12-13H,4-11,15H2,1-3H3;1-2H2. The Morgan fingerprint density at radius 3 is 2.20 bits per heavy atom. The molecule has 0 aromatic heterocycles. The lowest BCUT2D eigenvalue weighted by Gasteiger charge is -2.13. The van der Waals surface area contributed by atoms with Crippen molar-refractivity contribution in [3.8, 4) is 0 Å². The normalized spacial score (nSPS) is 11.8. The van der Waals surface area contributed by atoms with Crippen LogP contribution in [0.4, 0.5) is 0 Å². The average Bonchev–Trinajstić information content (AvgIpc) is 2.44. The van der Waals surface area contributed by atoms with Gasteiger partial charge < -0.3 is 15.2 Å². The van der Waals surface area contributed by atoms with E-state index in [0.717, 1.165) is 18.9 Å². The number of carbonyl (C=O) groups excluding carboxylic acids is 1. The van der Waals surface area contributed by atoms with Crippen LogP contribution in [0.15, 0.2) is 13.2 Å². The highest BCUT2D eigenvalue weighted by Crippen LogP contribution is 2.03. The van der Waals surface area contributed by atoms with Gasteiger partial charge in [0.15, 0.2) is 0 Å². The quantitative estimate of drug-likeness (QED) is 0.443. The van der Waals surface area contributed by atoms with Crippen LogP contribution in [-0.2, 0) is 14.3 Å². The average molecular weight is 287 g/mol. The second kappa shape index (κ2) is 16.3. The fraction of sp³-hybridized carbons (Fsp3) is 0.812. The summed E-state index contributed by atoms with van der Waals surface area (Å²) in [6, 6.07) is -0.0965. The van der Waals surface area contributed by atoms with Crippen molar-refractivity contribution >= 4 is 5.78 Å². The molecule has 0 aliphatic carbocycles. The predicted octanol–water partition coefficient (Wildman–Crippen LogP) is 2.95. The largest absolute Gasteiger partial charge is 0.380 e. The molecule has 0 amide bonds. The smallest absolute Gasteiger partial charge is 0.134 e. The van der Waals surface area contributed by atoms with Crippen molar-refractivity contribution in [2.75, 3.05) is 26.4 Å². The number of carbonyl (C=O) groups is 1. The maximum atomic E-state index is 11.0. The summed E-state index contributed by atoms with van der Waals surface area (Å²) >= 11 is 0. The van der Waals surface area contributed by atoms with Gasteiger partial charge in [0.2, 0.25) is 0 Å². The van der Waals surface area contributed by atoms with E-state index in [1.54, 1.807) is 0 Å². The molecule has 0 spiro atoms. The van der Waals surface area contributed by atoms with Crippen molar-refractivity contribution in [1.29, 1.82) is 0 Å². The SMILES string of the molecule is C=C.CCC(=O)CCOCC(N)COCCCC(C)C. The number of Topliss-reactive ketones (excluding diaryl/α,β-unsaturated/α-hetero) is 1. The van der Waals surface area contributed by atoms with E-state index >= 15 is 0 Å². The van der Waals surface area contributed by atoms with Gasteiger partial charge in [0.1, 0.15) is 5.78 Å². The lowest BCUT2D eigenvalue weighted by molar-refractivity contribution is -0.119. The van der Waals surface area contributed by atoms with Gasteiger partial charge in [0.25, 0.3) is 0 Å². The van der Waals surface area contributed by atoms with E-state index in [9.17, 15) is 4.79 Å². The molecule has 0 aliphatic heterocycles. The molecule has 0 bridgehead atoms. The highest BCUT2D eigenvalue weighted by Gasteiger charge is 2.04. The second-order valence-corrected chi connectivity index (χ2v) is 5.09. The van der Waals surface area contributed by atoms with E-state index in [0.29, 0.717) is 32.7 Å². The minimum atomic E-state index is -0.0965. The maximum absolute atomic E-state index is 11.0. The van der Waals surface area contributed by atoms with Gasteiger partial charge in [0.05, 0.1) is 25.9 Å². The Balaban J connectivity index is 0. The molecule has 20 heavy (non-hydrogen) atoms. The molecule has 0 saturated carbocycles. The topological polar surface area (TPSA) is 61.5 Å². The summed E-state index contributed by atoms with van der Waals surface area (Å²) in [6.45, 7) is 14.5. The van der Waals surface area contributed by atoms with Crippen molar-refractivity contribution in [2.24, 2.45) is 11.7 Å². The van der Waals surface area contributed by atoms with Crippen molar-refractivity contribution in [3.05, 3.63) is 13.2 Å². The minimum absolute atomic E-state index is 0.0965. The molecule has 0 heterocycles. The van der Waals surface area contributed by atoms with Crippen molar-refractivity contribution in [1.82, 2.24) is 0 Å². The molecule has 4 nitrogen and oxygen atoms in total. The van der Waals surface area contributed by atoms with Gasteiger partial charge in [-0.1, -0.05) is 20.8 Å². The fourth-order valence-electron chi connectivity index (χ4n) is 1.47. The van der Waals surface area contributed by atoms with Gasteiger partial charge >= 0.3 is 0 Å². The predicted molar refractivity (Wildman–Crippen MR) is 84.9 cm³/mol. The highest BCUT2D eigenvalue weighted by molar-refractivity contribution is 5.78. The molecule has 0 aromatic carbocycles. The Bertz CT molecular complexity index is 220. The Morgan fingerprint density at radius 1 is 1.15 bits per heavy atom. The molecule has 2 N–H and O–H groups in total. The zero-order chi connectivity index (χ0) is 15.8. The molecule has 0 aromatic rings. The van der Waals surface area contributed by atoms with Crippen LogP contribution < -0.4 is 5.73 Å².